The van der Waals surface area contributed by atoms with Crippen molar-refractivity contribution in [3.05, 3.63) is 243 Å². The summed E-state index contributed by atoms with van der Waals surface area (Å²) in [4.78, 5) is 2.42. The maximum atomic E-state index is 6.34. The average Bonchev–Trinajstić information content (AvgIpc) is 3.92. The third-order valence-electron chi connectivity index (χ3n) is 13.1. The van der Waals surface area contributed by atoms with Gasteiger partial charge in [0, 0.05) is 44.0 Å². The number of para-hydroxylation sites is 3. The number of nitrogens with zero attached hydrogens (tertiary/aromatic N) is 2. The topological polar surface area (TPSA) is 21.3 Å². The molecule has 3 heteroatoms. The predicted octanol–water partition coefficient (Wildman–Crippen LogP) is 17.5. The first-order valence-electron chi connectivity index (χ1n) is 22.2. The lowest BCUT2D eigenvalue weighted by Crippen LogP contribution is -2.10. The zero-order chi connectivity index (χ0) is 42.8. The molecule has 2 heterocycles. The monoisotopic (exact) mass is 828 g/mol. The molecule has 13 aromatic rings. The molecule has 0 unspecified atom stereocenters. The summed E-state index contributed by atoms with van der Waals surface area (Å²) in [5, 5.41) is 9.66. The summed E-state index contributed by atoms with van der Waals surface area (Å²) < 4.78 is 8.72. The van der Waals surface area contributed by atoms with Gasteiger partial charge in [-0.15, -0.1) is 0 Å². The van der Waals surface area contributed by atoms with Gasteiger partial charge in [0.1, 0.15) is 11.2 Å². The first kappa shape index (κ1) is 36.9. The Morgan fingerprint density at radius 3 is 1.66 bits per heavy atom. The summed E-state index contributed by atoms with van der Waals surface area (Å²) in [6.07, 6.45) is 0. The number of aromatic nitrogens is 1. The SMILES string of the molecule is c1cc(-c2ccc(N(c3cccc(-c4ccc5c(c4)oc4ccccc45)c3)c3cccc4ccc5ccccc5c34)cc2)cc(-c2cccc(-n3c4ccccc4c4ccccc43)c2)c1. The van der Waals surface area contributed by atoms with E-state index in [1.165, 1.54) is 60.0 Å². The lowest BCUT2D eigenvalue weighted by atomic mass is 9.97. The Labute approximate surface area is 376 Å². The van der Waals surface area contributed by atoms with Crippen LogP contribution in [0.25, 0.3) is 104 Å². The van der Waals surface area contributed by atoms with Gasteiger partial charge in [-0.25, -0.2) is 0 Å². The van der Waals surface area contributed by atoms with Crippen molar-refractivity contribution in [2.24, 2.45) is 0 Å². The van der Waals surface area contributed by atoms with E-state index in [9.17, 15) is 0 Å². The third-order valence-corrected chi connectivity index (χ3v) is 13.1. The van der Waals surface area contributed by atoms with Gasteiger partial charge >= 0.3 is 0 Å². The van der Waals surface area contributed by atoms with Crippen molar-refractivity contribution in [1.82, 2.24) is 4.57 Å². The van der Waals surface area contributed by atoms with Gasteiger partial charge in [0.15, 0.2) is 0 Å². The van der Waals surface area contributed by atoms with Crippen LogP contribution in [0.3, 0.4) is 0 Å². The number of benzene rings is 11. The molecule has 13 rings (SSSR count). The molecule has 0 amide bonds. The fourth-order valence-corrected chi connectivity index (χ4v) is 10.1. The molecule has 65 heavy (non-hydrogen) atoms. The van der Waals surface area contributed by atoms with Crippen molar-refractivity contribution in [3.8, 4) is 39.1 Å². The molecular weight excluding hydrogens is 789 g/mol. The third kappa shape index (κ3) is 6.20. The minimum atomic E-state index is 0.891. The fourth-order valence-electron chi connectivity index (χ4n) is 10.1. The molecule has 0 aliphatic rings. The van der Waals surface area contributed by atoms with Gasteiger partial charge in [0.05, 0.1) is 16.7 Å². The predicted molar refractivity (Wildman–Crippen MR) is 274 cm³/mol. The van der Waals surface area contributed by atoms with Crippen molar-refractivity contribution in [2.45, 2.75) is 0 Å². The van der Waals surface area contributed by atoms with Crippen LogP contribution in [0.5, 0.6) is 0 Å². The smallest absolute Gasteiger partial charge is 0.136 e. The van der Waals surface area contributed by atoms with Crippen molar-refractivity contribution in [1.29, 1.82) is 0 Å². The first-order chi connectivity index (χ1) is 32.2. The average molecular weight is 829 g/mol. The summed E-state index contributed by atoms with van der Waals surface area (Å²) in [6, 6.07) is 87.8. The molecule has 0 spiro atoms. The summed E-state index contributed by atoms with van der Waals surface area (Å²) in [6.45, 7) is 0. The molecule has 0 aliphatic carbocycles. The molecule has 0 saturated carbocycles. The van der Waals surface area contributed by atoms with E-state index < -0.39 is 0 Å². The molecule has 11 aromatic carbocycles. The summed E-state index contributed by atoms with van der Waals surface area (Å²) in [5.74, 6) is 0. The largest absolute Gasteiger partial charge is 0.456 e. The van der Waals surface area contributed by atoms with Crippen LogP contribution in [0.15, 0.2) is 247 Å². The molecule has 304 valence electrons. The highest BCUT2D eigenvalue weighted by atomic mass is 16.3. The first-order valence-corrected chi connectivity index (χ1v) is 22.2. The Kier molecular flexibility index (Phi) is 8.53. The number of furan rings is 1. The Bertz CT molecular complexity index is 3910. The summed E-state index contributed by atoms with van der Waals surface area (Å²) >= 11 is 0. The Balaban J connectivity index is 0.905. The van der Waals surface area contributed by atoms with Gasteiger partial charge in [-0.1, -0.05) is 164 Å². The summed E-state index contributed by atoms with van der Waals surface area (Å²) in [7, 11) is 0. The van der Waals surface area contributed by atoms with Crippen LogP contribution >= 0.6 is 0 Å². The second-order valence-corrected chi connectivity index (χ2v) is 16.9. The lowest BCUT2D eigenvalue weighted by molar-refractivity contribution is 0.669. The highest BCUT2D eigenvalue weighted by Crippen LogP contribution is 2.44. The molecule has 0 saturated heterocycles. The van der Waals surface area contributed by atoms with Crippen molar-refractivity contribution in [3.63, 3.8) is 0 Å². The molecule has 2 aromatic heterocycles. The highest BCUT2D eigenvalue weighted by molar-refractivity contribution is 6.15. The van der Waals surface area contributed by atoms with E-state index >= 15 is 0 Å². The minimum absolute atomic E-state index is 0.891. The van der Waals surface area contributed by atoms with Crippen LogP contribution in [0.2, 0.25) is 0 Å². The van der Waals surface area contributed by atoms with Crippen LogP contribution in [-0.2, 0) is 0 Å². The number of rotatable bonds is 7. The maximum Gasteiger partial charge on any atom is 0.136 e. The standard InChI is InChI=1S/C62H40N2O/c1-2-21-52-42(13-1)29-30-43-14-12-27-59(62(43)52)63(50-19-10-18-47(38-50)48-33-36-56-55-24-5-8-28-60(55)65-61(56)40-48)49-34-31-41(32-35-49)44-15-9-16-45(37-44)46-17-11-20-51(39-46)64-57-25-6-3-22-53(57)54-23-4-7-26-58(54)64/h1-40H. The van der Waals surface area contributed by atoms with Crippen LogP contribution in [0.1, 0.15) is 0 Å². The Morgan fingerprint density at radius 2 is 0.862 bits per heavy atom. The second kappa shape index (κ2) is 15.0. The van der Waals surface area contributed by atoms with Gasteiger partial charge in [0.2, 0.25) is 0 Å². The number of hydrogen-bond acceptors (Lipinski definition) is 2. The molecular formula is C62H40N2O. The highest BCUT2D eigenvalue weighted by Gasteiger charge is 2.19. The zero-order valence-electron chi connectivity index (χ0n) is 35.4. The van der Waals surface area contributed by atoms with E-state index in [0.717, 1.165) is 61.4 Å². The van der Waals surface area contributed by atoms with E-state index in [0.29, 0.717) is 0 Å². The Morgan fingerprint density at radius 1 is 0.308 bits per heavy atom. The molecule has 3 nitrogen and oxygen atoms in total. The van der Waals surface area contributed by atoms with E-state index in [1.54, 1.807) is 0 Å². The normalized spacial score (nSPS) is 11.7. The van der Waals surface area contributed by atoms with Gasteiger partial charge in [-0.2, -0.15) is 0 Å². The quantitative estimate of drug-likeness (QED) is 0.149. The van der Waals surface area contributed by atoms with Gasteiger partial charge < -0.3 is 13.9 Å². The molecule has 0 bridgehead atoms. The number of fused-ring (bicyclic) bond motifs is 9. The van der Waals surface area contributed by atoms with E-state index in [4.69, 9.17) is 4.42 Å². The molecule has 0 fully saturated rings. The minimum Gasteiger partial charge on any atom is -0.456 e. The molecule has 0 radical (unpaired) electrons. The van der Waals surface area contributed by atoms with Gasteiger partial charge in [0.25, 0.3) is 0 Å². The van der Waals surface area contributed by atoms with Gasteiger partial charge in [-0.05, 0) is 128 Å². The van der Waals surface area contributed by atoms with E-state index in [1.807, 2.05) is 12.1 Å². The van der Waals surface area contributed by atoms with Crippen molar-refractivity contribution >= 4 is 82.4 Å². The molecule has 0 aliphatic heterocycles. The zero-order valence-corrected chi connectivity index (χ0v) is 35.4. The van der Waals surface area contributed by atoms with Crippen LogP contribution < -0.4 is 4.90 Å². The Hall–Kier alpha value is -8.66. The molecule has 0 atom stereocenters. The number of hydrogen-bond donors (Lipinski definition) is 0. The molecule has 0 N–H and O–H groups in total. The summed E-state index contributed by atoms with van der Waals surface area (Å²) in [5.41, 5.74) is 15.6. The maximum absolute atomic E-state index is 6.34. The van der Waals surface area contributed by atoms with Crippen molar-refractivity contribution < 1.29 is 4.42 Å². The lowest BCUT2D eigenvalue weighted by Gasteiger charge is -2.28. The van der Waals surface area contributed by atoms with Gasteiger partial charge in [-0.3, -0.25) is 0 Å². The second-order valence-electron chi connectivity index (χ2n) is 16.9. The fraction of sp³-hybridized carbons (Fsp3) is 0. The van der Waals surface area contributed by atoms with Crippen molar-refractivity contribution in [2.75, 3.05) is 4.90 Å². The van der Waals surface area contributed by atoms with Crippen LogP contribution in [0, 0.1) is 0 Å². The number of anilines is 3. The van der Waals surface area contributed by atoms with E-state index in [-0.39, 0.29) is 0 Å². The van der Waals surface area contributed by atoms with Crippen LogP contribution in [-0.4, -0.2) is 4.57 Å². The van der Waals surface area contributed by atoms with Crippen LogP contribution in [0.4, 0.5) is 17.1 Å². The van der Waals surface area contributed by atoms with E-state index in [2.05, 4.69) is 240 Å².